The minimum absolute atomic E-state index is 0.0572. The van der Waals surface area contributed by atoms with Gasteiger partial charge in [0.2, 0.25) is 0 Å². The quantitative estimate of drug-likeness (QED) is 0.588. The molecule has 156 valence electrons. The molecule has 1 saturated heterocycles. The number of Topliss-reactive ketones (excluding diaryl/α,β-unsaturated/α-hetero) is 1. The van der Waals surface area contributed by atoms with Gasteiger partial charge < -0.3 is 15.2 Å². The zero-order valence-electron chi connectivity index (χ0n) is 17.6. The lowest BCUT2D eigenvalue weighted by molar-refractivity contribution is 0.0981. The first-order chi connectivity index (χ1) is 14.5. The van der Waals surface area contributed by atoms with Crippen LogP contribution in [0.1, 0.15) is 64.8 Å². The van der Waals surface area contributed by atoms with Gasteiger partial charge in [0, 0.05) is 23.7 Å². The van der Waals surface area contributed by atoms with Gasteiger partial charge >= 0.3 is 0 Å². The average molecular weight is 405 g/mol. The lowest BCUT2D eigenvalue weighted by Crippen LogP contribution is -2.29. The number of piperidine rings is 1. The number of H-pyrrole nitrogens is 1. The van der Waals surface area contributed by atoms with E-state index in [1.807, 2.05) is 13.0 Å². The molecule has 1 fully saturated rings. The predicted octanol–water partition coefficient (Wildman–Crippen LogP) is 4.61. The first-order valence-corrected chi connectivity index (χ1v) is 10.7. The lowest BCUT2D eigenvalue weighted by Gasteiger charge is -2.28. The maximum absolute atomic E-state index is 12.8. The maximum Gasteiger partial charge on any atom is 0.256 e. The summed E-state index contributed by atoms with van der Waals surface area (Å²) in [6.45, 7) is 4.14. The van der Waals surface area contributed by atoms with E-state index in [9.17, 15) is 9.59 Å². The van der Waals surface area contributed by atoms with Gasteiger partial charge in [0.1, 0.15) is 5.82 Å². The molecule has 6 nitrogen and oxygen atoms in total. The average Bonchev–Trinajstić information content (AvgIpc) is 3.18. The van der Waals surface area contributed by atoms with Gasteiger partial charge in [-0.05, 0) is 75.1 Å². The molecular weight excluding hydrogens is 376 g/mol. The van der Waals surface area contributed by atoms with Crippen LogP contribution >= 0.6 is 0 Å². The molecule has 0 saturated carbocycles. The van der Waals surface area contributed by atoms with Crippen LogP contribution in [0.2, 0.25) is 0 Å². The summed E-state index contributed by atoms with van der Waals surface area (Å²) in [5.41, 5.74) is 4.16. The molecule has 30 heavy (non-hydrogen) atoms. The molecular formula is C24H28N4O2. The number of hydrogen-bond donors (Lipinski definition) is 2. The smallest absolute Gasteiger partial charge is 0.256 e. The number of benzene rings is 1. The Hall–Kier alpha value is -2.99. The zero-order chi connectivity index (χ0) is 21.1. The van der Waals surface area contributed by atoms with E-state index in [0.717, 1.165) is 43.4 Å². The Kier molecular flexibility index (Phi) is 5.95. The van der Waals surface area contributed by atoms with E-state index in [2.05, 4.69) is 28.4 Å². The topological polar surface area (TPSA) is 78.1 Å². The predicted molar refractivity (Wildman–Crippen MR) is 119 cm³/mol. The highest BCUT2D eigenvalue weighted by molar-refractivity contribution is 6.06. The number of carbonyl (C=O) groups is 2. The molecule has 3 heterocycles. The normalized spacial score (nSPS) is 15.4. The molecule has 0 radical (unpaired) electrons. The third kappa shape index (κ3) is 4.28. The first-order valence-electron chi connectivity index (χ1n) is 10.7. The highest BCUT2D eigenvalue weighted by Crippen LogP contribution is 2.32. The molecule has 1 aliphatic rings. The molecule has 6 heteroatoms. The third-order valence-electron chi connectivity index (χ3n) is 5.88. The summed E-state index contributed by atoms with van der Waals surface area (Å²) in [7, 11) is 2.15. The van der Waals surface area contributed by atoms with Gasteiger partial charge in [-0.3, -0.25) is 9.59 Å². The highest BCUT2D eigenvalue weighted by atomic mass is 16.1. The van der Waals surface area contributed by atoms with E-state index in [1.165, 1.54) is 5.56 Å². The van der Waals surface area contributed by atoms with Crippen LogP contribution < -0.4 is 5.32 Å². The largest absolute Gasteiger partial charge is 0.360 e. The molecule has 1 aromatic carbocycles. The first kappa shape index (κ1) is 20.3. The van der Waals surface area contributed by atoms with Gasteiger partial charge in [0.15, 0.2) is 5.78 Å². The van der Waals surface area contributed by atoms with Crippen molar-refractivity contribution < 1.29 is 9.59 Å². The number of hydrogen-bond acceptors (Lipinski definition) is 4. The fourth-order valence-corrected chi connectivity index (χ4v) is 4.11. The Morgan fingerprint density at radius 1 is 1.17 bits per heavy atom. The number of pyridine rings is 1. The van der Waals surface area contributed by atoms with E-state index < -0.39 is 0 Å². The number of nitrogens with zero attached hydrogens (tertiary/aromatic N) is 2. The van der Waals surface area contributed by atoms with Gasteiger partial charge in [0.05, 0.1) is 11.0 Å². The number of ketones is 1. The standard InChI is InChI=1S/C24H28N4O2/c1-3-5-21(29)17-6-4-7-18(14-17)24(30)27-22-9-8-20-23(26-22)19(15-25-20)16-10-12-28(2)13-11-16/h4,6-9,14-16,25H,3,5,10-13H2,1-2H3,(H,26,27,30). The minimum atomic E-state index is -0.260. The van der Waals surface area contributed by atoms with Crippen molar-refractivity contribution in [2.75, 3.05) is 25.5 Å². The molecule has 1 amide bonds. The van der Waals surface area contributed by atoms with Crippen LogP contribution in [0.15, 0.2) is 42.6 Å². The Labute approximate surface area is 176 Å². The Bertz CT molecular complexity index is 1060. The molecule has 1 aliphatic heterocycles. The summed E-state index contributed by atoms with van der Waals surface area (Å²) in [5.74, 6) is 0.799. The van der Waals surface area contributed by atoms with Crippen LogP contribution in [-0.2, 0) is 0 Å². The van der Waals surface area contributed by atoms with Crippen molar-refractivity contribution in [3.63, 3.8) is 0 Å². The van der Waals surface area contributed by atoms with Gasteiger partial charge in [0.25, 0.3) is 5.91 Å². The molecule has 0 bridgehead atoms. The van der Waals surface area contributed by atoms with Crippen LogP contribution in [0, 0.1) is 0 Å². The summed E-state index contributed by atoms with van der Waals surface area (Å²) < 4.78 is 0. The summed E-state index contributed by atoms with van der Waals surface area (Å²) >= 11 is 0. The molecule has 4 rings (SSSR count). The summed E-state index contributed by atoms with van der Waals surface area (Å²) in [4.78, 5) is 35.3. The second-order valence-electron chi connectivity index (χ2n) is 8.12. The SMILES string of the molecule is CCCC(=O)c1cccc(C(=O)Nc2ccc3[nH]cc(C4CCN(C)CC4)c3n2)c1. The number of amides is 1. The molecule has 0 spiro atoms. The van der Waals surface area contributed by atoms with E-state index in [1.54, 1.807) is 30.3 Å². The Morgan fingerprint density at radius 2 is 1.93 bits per heavy atom. The number of likely N-dealkylation sites (tertiary alicyclic amines) is 1. The number of carbonyl (C=O) groups excluding carboxylic acids is 2. The highest BCUT2D eigenvalue weighted by Gasteiger charge is 2.22. The van der Waals surface area contributed by atoms with Crippen molar-refractivity contribution >= 4 is 28.5 Å². The number of nitrogens with one attached hydrogen (secondary N) is 2. The zero-order valence-corrected chi connectivity index (χ0v) is 17.6. The molecule has 3 aromatic rings. The molecule has 0 aliphatic carbocycles. The number of aromatic amines is 1. The van der Waals surface area contributed by atoms with Crippen molar-refractivity contribution in [3.05, 3.63) is 59.3 Å². The van der Waals surface area contributed by atoms with E-state index in [0.29, 0.717) is 29.3 Å². The van der Waals surface area contributed by atoms with Gasteiger partial charge in [-0.15, -0.1) is 0 Å². The van der Waals surface area contributed by atoms with Gasteiger partial charge in [-0.25, -0.2) is 4.98 Å². The monoisotopic (exact) mass is 404 g/mol. The van der Waals surface area contributed by atoms with Crippen LogP contribution in [0.4, 0.5) is 5.82 Å². The summed E-state index contributed by atoms with van der Waals surface area (Å²) in [5, 5.41) is 2.89. The fraction of sp³-hybridized carbons (Fsp3) is 0.375. The van der Waals surface area contributed by atoms with Crippen molar-refractivity contribution in [3.8, 4) is 0 Å². The van der Waals surface area contributed by atoms with Crippen molar-refractivity contribution in [2.24, 2.45) is 0 Å². The van der Waals surface area contributed by atoms with Gasteiger partial charge in [-0.1, -0.05) is 19.1 Å². The molecule has 2 N–H and O–H groups in total. The second kappa shape index (κ2) is 8.79. The van der Waals surface area contributed by atoms with E-state index in [-0.39, 0.29) is 11.7 Å². The maximum atomic E-state index is 12.8. The van der Waals surface area contributed by atoms with Crippen LogP contribution in [-0.4, -0.2) is 46.7 Å². The summed E-state index contributed by atoms with van der Waals surface area (Å²) in [6.07, 6.45) is 5.55. The van der Waals surface area contributed by atoms with Crippen molar-refractivity contribution in [1.82, 2.24) is 14.9 Å². The fourth-order valence-electron chi connectivity index (χ4n) is 4.11. The lowest BCUT2D eigenvalue weighted by atomic mass is 9.91. The third-order valence-corrected chi connectivity index (χ3v) is 5.88. The number of aromatic nitrogens is 2. The van der Waals surface area contributed by atoms with E-state index in [4.69, 9.17) is 4.98 Å². The second-order valence-corrected chi connectivity index (χ2v) is 8.12. The van der Waals surface area contributed by atoms with Crippen molar-refractivity contribution in [1.29, 1.82) is 0 Å². The van der Waals surface area contributed by atoms with Crippen LogP contribution in [0.3, 0.4) is 0 Å². The molecule has 2 aromatic heterocycles. The minimum Gasteiger partial charge on any atom is -0.360 e. The Balaban J connectivity index is 1.54. The van der Waals surface area contributed by atoms with Crippen LogP contribution in [0.5, 0.6) is 0 Å². The number of fused-ring (bicyclic) bond motifs is 1. The molecule has 0 atom stereocenters. The van der Waals surface area contributed by atoms with E-state index >= 15 is 0 Å². The number of anilines is 1. The van der Waals surface area contributed by atoms with Gasteiger partial charge in [-0.2, -0.15) is 0 Å². The van der Waals surface area contributed by atoms with Crippen LogP contribution in [0.25, 0.3) is 11.0 Å². The van der Waals surface area contributed by atoms with Crippen molar-refractivity contribution in [2.45, 2.75) is 38.5 Å². The molecule has 0 unspecified atom stereocenters. The number of rotatable bonds is 6. The Morgan fingerprint density at radius 3 is 2.70 bits per heavy atom. The summed E-state index contributed by atoms with van der Waals surface area (Å²) in [6, 6.07) is 10.6.